The molecular weight excluding hydrogens is 414 g/mol. The molecule has 31 heavy (non-hydrogen) atoms. The van der Waals surface area contributed by atoms with E-state index in [1.165, 1.54) is 30.8 Å². The second kappa shape index (κ2) is 10.3. The van der Waals surface area contributed by atoms with Crippen LogP contribution in [0, 0.1) is 10.1 Å². The number of nitro benzene ring substituents is 1. The highest BCUT2D eigenvalue weighted by Gasteiger charge is 2.21. The lowest BCUT2D eigenvalue weighted by molar-refractivity contribution is -0.387. The average Bonchev–Trinajstić information content (AvgIpc) is 2.78. The summed E-state index contributed by atoms with van der Waals surface area (Å²) in [6.07, 6.45) is 3.88. The van der Waals surface area contributed by atoms with Crippen LogP contribution in [-0.2, 0) is 16.0 Å². The quantitative estimate of drug-likeness (QED) is 0.386. The van der Waals surface area contributed by atoms with Crippen LogP contribution in [0.4, 0.5) is 5.69 Å². The van der Waals surface area contributed by atoms with Crippen molar-refractivity contribution in [2.45, 2.75) is 30.1 Å². The van der Waals surface area contributed by atoms with Gasteiger partial charge in [-0.25, -0.2) is 0 Å². The minimum Gasteiger partial charge on any atom is -0.339 e. The summed E-state index contributed by atoms with van der Waals surface area (Å²) in [7, 11) is 0. The molecule has 1 heterocycles. The summed E-state index contributed by atoms with van der Waals surface area (Å²) in [6, 6.07) is 12.9. The second-order valence-corrected chi connectivity index (χ2v) is 8.30. The van der Waals surface area contributed by atoms with Crippen LogP contribution in [0.25, 0.3) is 6.08 Å². The first-order chi connectivity index (χ1) is 14.9. The van der Waals surface area contributed by atoms with Crippen molar-refractivity contribution in [2.24, 2.45) is 0 Å². The molecule has 0 radical (unpaired) electrons. The molecule has 0 spiro atoms. The Balaban J connectivity index is 1.73. The Morgan fingerprint density at radius 2 is 1.74 bits per heavy atom. The molecule has 162 valence electrons. The minimum atomic E-state index is -0.392. The number of rotatable bonds is 6. The van der Waals surface area contributed by atoms with Gasteiger partial charge in [0.1, 0.15) is 0 Å². The van der Waals surface area contributed by atoms with E-state index < -0.39 is 4.92 Å². The van der Waals surface area contributed by atoms with E-state index in [1.54, 1.807) is 28.0 Å². The Hall–Kier alpha value is -3.13. The number of piperazine rings is 1. The smallest absolute Gasteiger partial charge is 0.283 e. The third-order valence-electron chi connectivity index (χ3n) is 5.21. The van der Waals surface area contributed by atoms with Crippen molar-refractivity contribution in [2.75, 3.05) is 26.2 Å². The van der Waals surface area contributed by atoms with Crippen LogP contribution >= 0.6 is 11.8 Å². The lowest BCUT2D eigenvalue weighted by Gasteiger charge is -2.33. The van der Waals surface area contributed by atoms with Crippen molar-refractivity contribution < 1.29 is 14.5 Å². The third-order valence-corrected chi connectivity index (χ3v) is 6.39. The van der Waals surface area contributed by atoms with E-state index in [9.17, 15) is 19.7 Å². The molecule has 0 aromatic heterocycles. The number of benzene rings is 2. The molecule has 7 nitrogen and oxygen atoms in total. The number of nitro groups is 1. The van der Waals surface area contributed by atoms with Gasteiger partial charge in [0.25, 0.3) is 5.69 Å². The van der Waals surface area contributed by atoms with Gasteiger partial charge in [-0.1, -0.05) is 43.0 Å². The highest BCUT2D eigenvalue weighted by Crippen LogP contribution is 2.37. The summed E-state index contributed by atoms with van der Waals surface area (Å²) < 4.78 is 0. The normalized spacial score (nSPS) is 14.1. The van der Waals surface area contributed by atoms with Gasteiger partial charge in [0.05, 0.1) is 9.82 Å². The molecule has 0 bridgehead atoms. The Morgan fingerprint density at radius 1 is 1.06 bits per heavy atom. The maximum absolute atomic E-state index is 12.4. The van der Waals surface area contributed by atoms with Crippen molar-refractivity contribution in [1.82, 2.24) is 9.80 Å². The molecule has 2 amide bonds. The summed E-state index contributed by atoms with van der Waals surface area (Å²) in [5.41, 5.74) is 1.75. The van der Waals surface area contributed by atoms with E-state index >= 15 is 0 Å². The standard InChI is InChI=1S/C23H25N3O4S/c1-3-19-6-4-5-7-21(19)31-22-10-8-18(16-20(22)26(29)30)9-11-23(28)25-14-12-24(13-15-25)17(2)27/h4-11,16H,3,12-15H2,1-2H3. The Kier molecular flexibility index (Phi) is 7.46. The molecule has 1 aliphatic heterocycles. The first-order valence-corrected chi connectivity index (χ1v) is 11.0. The van der Waals surface area contributed by atoms with E-state index in [-0.39, 0.29) is 17.5 Å². The molecule has 2 aromatic rings. The van der Waals surface area contributed by atoms with Crippen LogP contribution in [0.1, 0.15) is 25.0 Å². The van der Waals surface area contributed by atoms with Gasteiger partial charge in [0, 0.05) is 50.1 Å². The molecule has 0 unspecified atom stereocenters. The maximum Gasteiger partial charge on any atom is 0.283 e. The number of aryl methyl sites for hydroxylation is 1. The van der Waals surface area contributed by atoms with Gasteiger partial charge in [0.15, 0.2) is 0 Å². The molecule has 8 heteroatoms. The Labute approximate surface area is 185 Å². The predicted molar refractivity (Wildman–Crippen MR) is 121 cm³/mol. The van der Waals surface area contributed by atoms with Gasteiger partial charge in [-0.15, -0.1) is 0 Å². The predicted octanol–water partition coefficient (Wildman–Crippen LogP) is 4.01. The van der Waals surface area contributed by atoms with Gasteiger partial charge < -0.3 is 9.80 Å². The fraction of sp³-hybridized carbons (Fsp3) is 0.304. The Bertz CT molecular complexity index is 1010. The fourth-order valence-corrected chi connectivity index (χ4v) is 4.50. The fourth-order valence-electron chi connectivity index (χ4n) is 3.40. The number of hydrogen-bond acceptors (Lipinski definition) is 5. The molecule has 0 saturated carbocycles. The zero-order chi connectivity index (χ0) is 22.4. The summed E-state index contributed by atoms with van der Waals surface area (Å²) in [5, 5.41) is 11.7. The Morgan fingerprint density at radius 3 is 2.39 bits per heavy atom. The van der Waals surface area contributed by atoms with Crippen LogP contribution < -0.4 is 0 Å². The van der Waals surface area contributed by atoms with E-state index in [1.807, 2.05) is 24.3 Å². The molecular formula is C23H25N3O4S. The van der Waals surface area contributed by atoms with Gasteiger partial charge in [0.2, 0.25) is 11.8 Å². The third kappa shape index (κ3) is 5.73. The summed E-state index contributed by atoms with van der Waals surface area (Å²) >= 11 is 1.38. The molecule has 1 aliphatic rings. The van der Waals surface area contributed by atoms with Crippen LogP contribution in [0.3, 0.4) is 0 Å². The molecule has 1 saturated heterocycles. The topological polar surface area (TPSA) is 83.8 Å². The second-order valence-electron chi connectivity index (χ2n) is 7.21. The lowest BCUT2D eigenvalue weighted by Crippen LogP contribution is -2.49. The largest absolute Gasteiger partial charge is 0.339 e. The van der Waals surface area contributed by atoms with Crippen molar-refractivity contribution in [3.63, 3.8) is 0 Å². The van der Waals surface area contributed by atoms with E-state index in [0.717, 1.165) is 16.9 Å². The highest BCUT2D eigenvalue weighted by molar-refractivity contribution is 7.99. The molecule has 0 atom stereocenters. The maximum atomic E-state index is 12.4. The lowest BCUT2D eigenvalue weighted by atomic mass is 10.2. The zero-order valence-corrected chi connectivity index (χ0v) is 18.4. The molecule has 3 rings (SSSR count). The van der Waals surface area contributed by atoms with Crippen molar-refractivity contribution in [3.8, 4) is 0 Å². The summed E-state index contributed by atoms with van der Waals surface area (Å²) in [4.78, 5) is 40.1. The van der Waals surface area contributed by atoms with Crippen molar-refractivity contribution >= 4 is 35.3 Å². The number of amides is 2. The van der Waals surface area contributed by atoms with Crippen LogP contribution in [0.5, 0.6) is 0 Å². The number of hydrogen-bond donors (Lipinski definition) is 0. The molecule has 1 fully saturated rings. The average molecular weight is 440 g/mol. The number of carbonyl (C=O) groups is 2. The van der Waals surface area contributed by atoms with Gasteiger partial charge in [-0.2, -0.15) is 0 Å². The molecule has 2 aromatic carbocycles. The van der Waals surface area contributed by atoms with E-state index in [2.05, 4.69) is 6.92 Å². The van der Waals surface area contributed by atoms with Gasteiger partial charge >= 0.3 is 0 Å². The molecule has 0 N–H and O–H groups in total. The molecule has 0 aliphatic carbocycles. The van der Waals surface area contributed by atoms with Crippen LogP contribution in [0.2, 0.25) is 0 Å². The summed E-state index contributed by atoms with van der Waals surface area (Å²) in [6.45, 7) is 5.58. The van der Waals surface area contributed by atoms with Gasteiger partial charge in [-0.05, 0) is 35.8 Å². The van der Waals surface area contributed by atoms with E-state index in [0.29, 0.717) is 36.6 Å². The van der Waals surface area contributed by atoms with Crippen LogP contribution in [0.15, 0.2) is 58.3 Å². The zero-order valence-electron chi connectivity index (χ0n) is 17.6. The van der Waals surface area contributed by atoms with Crippen LogP contribution in [-0.4, -0.2) is 52.7 Å². The highest BCUT2D eigenvalue weighted by atomic mass is 32.2. The SMILES string of the molecule is CCc1ccccc1Sc1ccc(C=CC(=O)N2CCN(C(C)=O)CC2)cc1[N+](=O)[O-]. The first-order valence-electron chi connectivity index (χ1n) is 10.2. The minimum absolute atomic E-state index is 0.00877. The summed E-state index contributed by atoms with van der Waals surface area (Å²) in [5.74, 6) is -0.157. The van der Waals surface area contributed by atoms with Gasteiger partial charge in [-0.3, -0.25) is 19.7 Å². The van der Waals surface area contributed by atoms with Crippen molar-refractivity contribution in [1.29, 1.82) is 0 Å². The van der Waals surface area contributed by atoms with E-state index in [4.69, 9.17) is 0 Å². The number of nitrogens with zero attached hydrogens (tertiary/aromatic N) is 3. The monoisotopic (exact) mass is 439 g/mol. The number of carbonyl (C=O) groups excluding carboxylic acids is 2. The first kappa shape index (κ1) is 22.6. The van der Waals surface area contributed by atoms with Crippen molar-refractivity contribution in [3.05, 3.63) is 69.8 Å².